The van der Waals surface area contributed by atoms with Gasteiger partial charge in [0.25, 0.3) is 10.9 Å². The maximum absolute atomic E-state index is 12.7. The molecule has 0 radical (unpaired) electrons. The first-order chi connectivity index (χ1) is 13.5. The molecule has 0 saturated carbocycles. The van der Waals surface area contributed by atoms with Gasteiger partial charge in [0.15, 0.2) is 0 Å². The highest BCUT2D eigenvalue weighted by atomic mass is 32.2. The van der Waals surface area contributed by atoms with E-state index in [1.165, 1.54) is 24.3 Å². The number of amides is 2. The van der Waals surface area contributed by atoms with Crippen LogP contribution in [0.4, 0.5) is 11.4 Å². The molecule has 9 nitrogen and oxygen atoms in total. The van der Waals surface area contributed by atoms with Crippen LogP contribution < -0.4 is 4.90 Å². The zero-order chi connectivity index (χ0) is 19.7. The van der Waals surface area contributed by atoms with E-state index < -0.39 is 16.1 Å². The number of thioether (sulfide) groups is 1. The molecule has 2 heterocycles. The normalized spacial score (nSPS) is 16.6. The van der Waals surface area contributed by atoms with Crippen LogP contribution in [0.2, 0.25) is 0 Å². The van der Waals surface area contributed by atoms with Gasteiger partial charge >= 0.3 is 0 Å². The lowest BCUT2D eigenvalue weighted by molar-refractivity contribution is -0.384. The van der Waals surface area contributed by atoms with E-state index in [0.717, 1.165) is 22.2 Å². The predicted molar refractivity (Wildman–Crippen MR) is 99.6 cm³/mol. The van der Waals surface area contributed by atoms with Gasteiger partial charge in [0.05, 0.1) is 10.6 Å². The first kappa shape index (κ1) is 17.9. The zero-order valence-corrected chi connectivity index (χ0v) is 15.0. The van der Waals surface area contributed by atoms with Crippen molar-refractivity contribution in [3.63, 3.8) is 0 Å². The Hall–Kier alpha value is -3.53. The van der Waals surface area contributed by atoms with Crippen molar-refractivity contribution < 1.29 is 18.9 Å². The molecule has 1 unspecified atom stereocenters. The molecular formula is C18H12N4O5S. The topological polar surface area (TPSA) is 119 Å². The number of nitrogens with zero attached hydrogens (tertiary/aromatic N) is 4. The maximum Gasteiger partial charge on any atom is 0.277 e. The van der Waals surface area contributed by atoms with Gasteiger partial charge in [-0.1, -0.05) is 30.0 Å². The molecular weight excluding hydrogens is 384 g/mol. The van der Waals surface area contributed by atoms with E-state index in [9.17, 15) is 19.7 Å². The van der Waals surface area contributed by atoms with Crippen LogP contribution in [-0.4, -0.2) is 32.2 Å². The Morgan fingerprint density at radius 2 is 1.79 bits per heavy atom. The average molecular weight is 396 g/mol. The largest absolute Gasteiger partial charge is 0.411 e. The minimum Gasteiger partial charge on any atom is -0.411 e. The molecule has 0 bridgehead atoms. The third-order valence-electron chi connectivity index (χ3n) is 4.09. The van der Waals surface area contributed by atoms with Crippen molar-refractivity contribution in [2.24, 2.45) is 0 Å². The second-order valence-electron chi connectivity index (χ2n) is 5.89. The summed E-state index contributed by atoms with van der Waals surface area (Å²) in [4.78, 5) is 36.2. The van der Waals surface area contributed by atoms with Gasteiger partial charge in [-0.25, -0.2) is 4.90 Å². The second kappa shape index (κ2) is 7.24. The van der Waals surface area contributed by atoms with Crippen LogP contribution in [0.15, 0.2) is 64.2 Å². The van der Waals surface area contributed by atoms with E-state index in [4.69, 9.17) is 4.42 Å². The Morgan fingerprint density at radius 1 is 1.07 bits per heavy atom. The van der Waals surface area contributed by atoms with Crippen molar-refractivity contribution in [3.8, 4) is 11.5 Å². The molecule has 140 valence electrons. The van der Waals surface area contributed by atoms with Crippen molar-refractivity contribution >= 4 is 35.0 Å². The Kier molecular flexibility index (Phi) is 4.62. The molecule has 3 aromatic rings. The number of carbonyl (C=O) groups is 2. The summed E-state index contributed by atoms with van der Waals surface area (Å²) < 4.78 is 5.58. The number of non-ortho nitro benzene ring substituents is 1. The predicted octanol–water partition coefficient (Wildman–Crippen LogP) is 3.07. The smallest absolute Gasteiger partial charge is 0.277 e. The molecule has 28 heavy (non-hydrogen) atoms. The van der Waals surface area contributed by atoms with Gasteiger partial charge in [0.1, 0.15) is 5.25 Å². The number of nitro groups is 1. The van der Waals surface area contributed by atoms with Gasteiger partial charge in [-0.05, 0) is 24.3 Å². The summed E-state index contributed by atoms with van der Waals surface area (Å²) in [7, 11) is 0. The fourth-order valence-corrected chi connectivity index (χ4v) is 3.66. The molecule has 0 N–H and O–H groups in total. The highest BCUT2D eigenvalue weighted by Gasteiger charge is 2.41. The zero-order valence-electron chi connectivity index (χ0n) is 14.2. The summed E-state index contributed by atoms with van der Waals surface area (Å²) in [5, 5.41) is 18.1. The number of nitro benzene ring substituents is 1. The van der Waals surface area contributed by atoms with E-state index >= 15 is 0 Å². The quantitative estimate of drug-likeness (QED) is 0.367. The summed E-state index contributed by atoms with van der Waals surface area (Å²) in [6, 6.07) is 14.4. The number of benzene rings is 2. The molecule has 1 aliphatic rings. The molecule has 0 spiro atoms. The Bertz CT molecular complexity index is 1050. The Labute approximate surface area is 162 Å². The van der Waals surface area contributed by atoms with Crippen LogP contribution in [0.3, 0.4) is 0 Å². The van der Waals surface area contributed by atoms with Gasteiger partial charge in [-0.3, -0.25) is 19.7 Å². The minimum absolute atomic E-state index is 0.0243. The Balaban J connectivity index is 1.50. The Morgan fingerprint density at radius 3 is 2.46 bits per heavy atom. The average Bonchev–Trinajstić information content (AvgIpc) is 3.27. The summed E-state index contributed by atoms with van der Waals surface area (Å²) in [5.41, 5.74) is 0.926. The van der Waals surface area contributed by atoms with Gasteiger partial charge in [0, 0.05) is 24.1 Å². The molecule has 0 aliphatic carbocycles. The summed E-state index contributed by atoms with van der Waals surface area (Å²) in [6.45, 7) is 0. The van der Waals surface area contributed by atoms with E-state index in [1.54, 1.807) is 0 Å². The van der Waals surface area contributed by atoms with Crippen molar-refractivity contribution in [2.45, 2.75) is 16.9 Å². The lowest BCUT2D eigenvalue weighted by atomic mass is 10.2. The molecule has 2 amide bonds. The van der Waals surface area contributed by atoms with Crippen LogP contribution >= 0.6 is 11.8 Å². The molecule has 4 rings (SSSR count). The van der Waals surface area contributed by atoms with Crippen molar-refractivity contribution in [1.29, 1.82) is 0 Å². The first-order valence-electron chi connectivity index (χ1n) is 8.20. The number of aromatic nitrogens is 2. The number of carbonyl (C=O) groups excluding carboxylic acids is 2. The van der Waals surface area contributed by atoms with Gasteiger partial charge < -0.3 is 4.42 Å². The van der Waals surface area contributed by atoms with Crippen LogP contribution in [0.1, 0.15) is 6.42 Å². The highest BCUT2D eigenvalue weighted by Crippen LogP contribution is 2.34. The van der Waals surface area contributed by atoms with Gasteiger partial charge in [-0.2, -0.15) is 0 Å². The number of rotatable bonds is 5. The summed E-state index contributed by atoms with van der Waals surface area (Å²) in [5.74, 6) is -0.491. The van der Waals surface area contributed by atoms with Gasteiger partial charge in [-0.15, -0.1) is 10.2 Å². The van der Waals surface area contributed by atoms with Crippen molar-refractivity contribution in [3.05, 3.63) is 64.7 Å². The first-order valence-corrected chi connectivity index (χ1v) is 9.08. The summed E-state index contributed by atoms with van der Waals surface area (Å²) >= 11 is 1.02. The molecule has 1 atom stereocenters. The SMILES string of the molecule is O=C1CC(Sc2nnc(-c3ccccc3)o2)C(=O)N1c1ccc([N+](=O)[O-])cc1. The fraction of sp³-hybridized carbons (Fsp3) is 0.111. The number of hydrogen-bond donors (Lipinski definition) is 0. The van der Waals surface area contributed by atoms with E-state index in [-0.39, 0.29) is 23.2 Å². The van der Waals surface area contributed by atoms with Crippen LogP contribution in [-0.2, 0) is 9.59 Å². The lowest BCUT2D eigenvalue weighted by Crippen LogP contribution is -2.31. The number of imide groups is 1. The lowest BCUT2D eigenvalue weighted by Gasteiger charge is -2.14. The fourth-order valence-electron chi connectivity index (χ4n) is 2.77. The molecule has 1 aliphatic heterocycles. The maximum atomic E-state index is 12.7. The van der Waals surface area contributed by atoms with E-state index in [2.05, 4.69) is 10.2 Å². The monoisotopic (exact) mass is 396 g/mol. The third-order valence-corrected chi connectivity index (χ3v) is 5.11. The van der Waals surface area contributed by atoms with Gasteiger partial charge in [0.2, 0.25) is 17.7 Å². The van der Waals surface area contributed by atoms with E-state index in [1.807, 2.05) is 30.3 Å². The van der Waals surface area contributed by atoms with Crippen LogP contribution in [0.25, 0.3) is 11.5 Å². The van der Waals surface area contributed by atoms with Crippen molar-refractivity contribution in [2.75, 3.05) is 4.90 Å². The second-order valence-corrected chi connectivity index (χ2v) is 7.04. The van der Waals surface area contributed by atoms with E-state index in [0.29, 0.717) is 11.6 Å². The minimum atomic E-state index is -0.702. The van der Waals surface area contributed by atoms with Crippen LogP contribution in [0, 0.1) is 10.1 Å². The standard InChI is InChI=1S/C18H12N4O5S/c23-15-10-14(17(24)21(15)12-6-8-13(9-7-12)22(25)26)28-18-20-19-16(27-18)11-4-2-1-3-5-11/h1-9,14H,10H2. The van der Waals surface area contributed by atoms with Crippen molar-refractivity contribution in [1.82, 2.24) is 10.2 Å². The molecule has 1 fully saturated rings. The molecule has 10 heteroatoms. The third kappa shape index (κ3) is 3.37. The molecule has 2 aromatic carbocycles. The molecule has 1 aromatic heterocycles. The van der Waals surface area contributed by atoms with Crippen LogP contribution in [0.5, 0.6) is 0 Å². The number of hydrogen-bond acceptors (Lipinski definition) is 8. The summed E-state index contributed by atoms with van der Waals surface area (Å²) in [6.07, 6.45) is -0.0243. The highest BCUT2D eigenvalue weighted by molar-refractivity contribution is 8.00. The number of anilines is 1. The molecule has 1 saturated heterocycles.